The number of likely N-dealkylation sites (tertiary alicyclic amines) is 1. The van der Waals surface area contributed by atoms with Gasteiger partial charge in [-0.3, -0.25) is 4.79 Å². The van der Waals surface area contributed by atoms with Crippen LogP contribution in [0.2, 0.25) is 0 Å². The average molecular weight is 443 g/mol. The Hall–Kier alpha value is -3.40. The van der Waals surface area contributed by atoms with Gasteiger partial charge in [-0.05, 0) is 67.7 Å². The van der Waals surface area contributed by atoms with E-state index in [1.54, 1.807) is 18.5 Å². The first-order valence-electron chi connectivity index (χ1n) is 11.8. The minimum absolute atomic E-state index is 0.197. The molecule has 1 aliphatic heterocycles. The molecule has 5 rings (SSSR count). The number of nitrogens with zero attached hydrogens (tertiary/aromatic N) is 5. The first kappa shape index (κ1) is 21.4. The molecule has 1 amide bonds. The van der Waals surface area contributed by atoms with Crippen LogP contribution in [0.1, 0.15) is 49.7 Å². The Morgan fingerprint density at radius 2 is 1.88 bits per heavy atom. The zero-order chi connectivity index (χ0) is 22.8. The fraction of sp³-hybridized carbons (Fsp3) is 0.462. The molecule has 1 aromatic carbocycles. The third-order valence-corrected chi connectivity index (χ3v) is 7.85. The third kappa shape index (κ3) is 4.30. The van der Waals surface area contributed by atoms with Crippen molar-refractivity contribution in [3.63, 3.8) is 0 Å². The normalized spacial score (nSPS) is 18.4. The molecule has 0 atom stereocenters. The van der Waals surface area contributed by atoms with E-state index in [0.29, 0.717) is 23.4 Å². The summed E-state index contributed by atoms with van der Waals surface area (Å²) in [6.07, 6.45) is 10.9. The number of amides is 1. The summed E-state index contributed by atoms with van der Waals surface area (Å²) in [4.78, 5) is 29.2. The van der Waals surface area contributed by atoms with Gasteiger partial charge in [-0.15, -0.1) is 0 Å². The highest BCUT2D eigenvalue weighted by Crippen LogP contribution is 2.46. The van der Waals surface area contributed by atoms with Crippen LogP contribution < -0.4 is 4.90 Å². The number of aromatic nitrogens is 3. The number of nitrogens with one attached hydrogen (secondary N) is 1. The van der Waals surface area contributed by atoms with Gasteiger partial charge in [0.05, 0.1) is 23.4 Å². The van der Waals surface area contributed by atoms with Crippen molar-refractivity contribution in [2.45, 2.75) is 51.0 Å². The molecule has 1 spiro atoms. The average Bonchev–Trinajstić information content (AvgIpc) is 3.34. The number of fused-ring (bicyclic) bond motifs is 1. The van der Waals surface area contributed by atoms with Crippen LogP contribution in [-0.4, -0.2) is 51.9 Å². The Bertz CT molecular complexity index is 1160. The number of piperidine rings is 1. The molecule has 0 unspecified atom stereocenters. The molecule has 7 heteroatoms. The number of carbonyl (C=O) groups excluding carboxylic acids is 1. The molecule has 0 radical (unpaired) electrons. The van der Waals surface area contributed by atoms with Crippen molar-refractivity contribution in [1.82, 2.24) is 19.9 Å². The number of hydrogen-bond acceptors (Lipinski definition) is 5. The van der Waals surface area contributed by atoms with E-state index in [1.807, 2.05) is 23.2 Å². The third-order valence-electron chi connectivity index (χ3n) is 7.85. The molecule has 33 heavy (non-hydrogen) atoms. The molecule has 2 aromatic heterocycles. The molecule has 2 fully saturated rings. The van der Waals surface area contributed by atoms with E-state index < -0.39 is 0 Å². The molecular weight excluding hydrogens is 412 g/mol. The van der Waals surface area contributed by atoms with E-state index in [0.717, 1.165) is 61.2 Å². The van der Waals surface area contributed by atoms with Crippen LogP contribution in [0.15, 0.2) is 42.9 Å². The lowest BCUT2D eigenvalue weighted by molar-refractivity contribution is -0.133. The highest BCUT2D eigenvalue weighted by atomic mass is 16.2. The van der Waals surface area contributed by atoms with Crippen LogP contribution >= 0.6 is 0 Å². The summed E-state index contributed by atoms with van der Waals surface area (Å²) in [6.45, 7) is 1.71. The monoisotopic (exact) mass is 442 g/mol. The van der Waals surface area contributed by atoms with Crippen molar-refractivity contribution < 1.29 is 4.79 Å². The second kappa shape index (κ2) is 8.86. The molecular formula is C26H30N6O. The van der Waals surface area contributed by atoms with E-state index in [1.165, 1.54) is 12.8 Å². The number of rotatable bonds is 4. The van der Waals surface area contributed by atoms with Gasteiger partial charge in [0.15, 0.2) is 0 Å². The van der Waals surface area contributed by atoms with Crippen molar-refractivity contribution >= 4 is 22.8 Å². The zero-order valence-corrected chi connectivity index (χ0v) is 19.1. The van der Waals surface area contributed by atoms with Crippen LogP contribution in [0.4, 0.5) is 5.82 Å². The number of aromatic amines is 1. The molecule has 3 aromatic rings. The van der Waals surface area contributed by atoms with Crippen molar-refractivity contribution in [2.24, 2.45) is 5.41 Å². The van der Waals surface area contributed by atoms with Gasteiger partial charge in [-0.2, -0.15) is 5.26 Å². The van der Waals surface area contributed by atoms with Gasteiger partial charge >= 0.3 is 0 Å². The maximum absolute atomic E-state index is 12.8. The Kier molecular flexibility index (Phi) is 5.76. The second-order valence-electron chi connectivity index (χ2n) is 9.65. The number of nitriles is 1. The molecule has 1 aliphatic carbocycles. The van der Waals surface area contributed by atoms with Crippen molar-refractivity contribution in [1.29, 1.82) is 5.26 Å². The number of carbonyl (C=O) groups is 1. The highest BCUT2D eigenvalue weighted by molar-refractivity contribution is 5.87. The maximum atomic E-state index is 12.8. The van der Waals surface area contributed by atoms with E-state index in [2.05, 4.69) is 39.0 Å². The van der Waals surface area contributed by atoms with Gasteiger partial charge in [0.1, 0.15) is 17.8 Å². The van der Waals surface area contributed by atoms with Gasteiger partial charge < -0.3 is 14.8 Å². The SMILES string of the molecule is CN(c1ncnc2[nH]ccc12)C1CCC2(CC1)CCN(C(=O)Cc1ccc(C#N)cc1)CC2. The molecule has 1 N–H and O–H groups in total. The lowest BCUT2D eigenvalue weighted by Gasteiger charge is -2.47. The standard InChI is InChI=1S/C26H30N6O/c1-31(25-22-8-13-28-24(22)29-18-30-25)21-6-9-26(10-7-21)11-14-32(15-12-26)23(33)16-19-2-4-20(17-27)5-3-19/h2-5,8,13,18,21H,6-7,9-12,14-16H2,1H3,(H,28,29,30). The van der Waals surface area contributed by atoms with Gasteiger partial charge in [0.25, 0.3) is 0 Å². The van der Waals surface area contributed by atoms with Crippen molar-refractivity contribution in [2.75, 3.05) is 25.0 Å². The van der Waals surface area contributed by atoms with Gasteiger partial charge in [-0.25, -0.2) is 9.97 Å². The lowest BCUT2D eigenvalue weighted by atomic mass is 9.66. The van der Waals surface area contributed by atoms with Crippen LogP contribution in [0, 0.1) is 16.7 Å². The second-order valence-corrected chi connectivity index (χ2v) is 9.65. The fourth-order valence-corrected chi connectivity index (χ4v) is 5.63. The van der Waals surface area contributed by atoms with Crippen LogP contribution in [0.25, 0.3) is 11.0 Å². The largest absolute Gasteiger partial charge is 0.356 e. The smallest absolute Gasteiger partial charge is 0.226 e. The molecule has 1 saturated heterocycles. The van der Waals surface area contributed by atoms with Crippen LogP contribution in [0.3, 0.4) is 0 Å². The summed E-state index contributed by atoms with van der Waals surface area (Å²) in [5.74, 6) is 1.20. The van der Waals surface area contributed by atoms with Crippen molar-refractivity contribution in [3.8, 4) is 6.07 Å². The quantitative estimate of drug-likeness (QED) is 0.658. The number of H-pyrrole nitrogens is 1. The number of benzene rings is 1. The van der Waals surface area contributed by atoms with E-state index in [4.69, 9.17) is 5.26 Å². The lowest BCUT2D eigenvalue weighted by Crippen LogP contribution is -2.47. The topological polar surface area (TPSA) is 88.9 Å². The Morgan fingerprint density at radius 1 is 1.15 bits per heavy atom. The first-order valence-corrected chi connectivity index (χ1v) is 11.8. The van der Waals surface area contributed by atoms with Gasteiger partial charge in [0, 0.05) is 32.4 Å². The summed E-state index contributed by atoms with van der Waals surface area (Å²) < 4.78 is 0. The first-order chi connectivity index (χ1) is 16.1. The Balaban J connectivity index is 1.15. The van der Waals surface area contributed by atoms with E-state index in [9.17, 15) is 4.79 Å². The van der Waals surface area contributed by atoms with Crippen molar-refractivity contribution in [3.05, 3.63) is 54.0 Å². The molecule has 170 valence electrons. The predicted molar refractivity (Wildman–Crippen MR) is 128 cm³/mol. The van der Waals surface area contributed by atoms with Gasteiger partial charge in [-0.1, -0.05) is 12.1 Å². The van der Waals surface area contributed by atoms with Gasteiger partial charge in [0.2, 0.25) is 5.91 Å². The molecule has 1 saturated carbocycles. The number of anilines is 1. The summed E-state index contributed by atoms with van der Waals surface area (Å²) in [7, 11) is 2.15. The summed E-state index contributed by atoms with van der Waals surface area (Å²) in [5.41, 5.74) is 2.86. The molecule has 0 bridgehead atoms. The summed E-state index contributed by atoms with van der Waals surface area (Å²) in [6, 6.07) is 12.0. The maximum Gasteiger partial charge on any atom is 0.226 e. The molecule has 7 nitrogen and oxygen atoms in total. The van der Waals surface area contributed by atoms with E-state index in [-0.39, 0.29) is 5.91 Å². The van der Waals surface area contributed by atoms with Crippen LogP contribution in [0.5, 0.6) is 0 Å². The summed E-state index contributed by atoms with van der Waals surface area (Å²) >= 11 is 0. The Labute approximate surface area is 194 Å². The fourth-order valence-electron chi connectivity index (χ4n) is 5.63. The van der Waals surface area contributed by atoms with Crippen LogP contribution in [-0.2, 0) is 11.2 Å². The summed E-state index contributed by atoms with van der Waals surface area (Å²) in [5, 5.41) is 10.0. The Morgan fingerprint density at radius 3 is 2.58 bits per heavy atom. The van der Waals surface area contributed by atoms with E-state index >= 15 is 0 Å². The highest BCUT2D eigenvalue weighted by Gasteiger charge is 2.40. The minimum atomic E-state index is 0.197. The predicted octanol–water partition coefficient (Wildman–Crippen LogP) is 4.06. The zero-order valence-electron chi connectivity index (χ0n) is 19.1. The molecule has 2 aliphatic rings. The molecule has 3 heterocycles. The number of hydrogen-bond donors (Lipinski definition) is 1. The minimum Gasteiger partial charge on any atom is -0.356 e.